The van der Waals surface area contributed by atoms with E-state index in [1.54, 1.807) is 6.07 Å². The summed E-state index contributed by atoms with van der Waals surface area (Å²) < 4.78 is 14.9. The van der Waals surface area contributed by atoms with E-state index in [2.05, 4.69) is 28.2 Å². The van der Waals surface area contributed by atoms with Crippen LogP contribution >= 0.6 is 27.5 Å². The first-order chi connectivity index (χ1) is 10.1. The van der Waals surface area contributed by atoms with Crippen molar-refractivity contribution in [3.63, 3.8) is 0 Å². The standard InChI is InChI=1S/C17H24BrClFN/c1-2-9-21-17(8-7-12-5-3-4-6-12)13-10-15(19)14(18)11-16(13)20/h10-12,17,21H,2-9H2,1H3. The van der Waals surface area contributed by atoms with Gasteiger partial charge in [0.05, 0.1) is 5.02 Å². The molecule has 1 fully saturated rings. The molecular formula is C17H24BrClFN. The van der Waals surface area contributed by atoms with Gasteiger partial charge in [-0.1, -0.05) is 44.2 Å². The molecule has 1 nitrogen and oxygen atoms in total. The topological polar surface area (TPSA) is 12.0 Å². The van der Waals surface area contributed by atoms with E-state index in [4.69, 9.17) is 11.6 Å². The van der Waals surface area contributed by atoms with E-state index in [0.717, 1.165) is 25.3 Å². The average molecular weight is 377 g/mol. The Bertz CT molecular complexity index is 460. The lowest BCUT2D eigenvalue weighted by molar-refractivity contribution is 0.402. The monoisotopic (exact) mass is 375 g/mol. The molecule has 1 unspecified atom stereocenters. The van der Waals surface area contributed by atoms with Crippen LogP contribution in [0.25, 0.3) is 0 Å². The maximum Gasteiger partial charge on any atom is 0.129 e. The maximum atomic E-state index is 14.3. The second-order valence-electron chi connectivity index (χ2n) is 6.02. The molecule has 0 aromatic heterocycles. The van der Waals surface area contributed by atoms with E-state index >= 15 is 0 Å². The molecule has 0 saturated heterocycles. The summed E-state index contributed by atoms with van der Waals surface area (Å²) in [6.45, 7) is 3.04. The van der Waals surface area contributed by atoms with Crippen LogP contribution in [0.4, 0.5) is 4.39 Å². The smallest absolute Gasteiger partial charge is 0.129 e. The Kier molecular flexibility index (Phi) is 6.97. The lowest BCUT2D eigenvalue weighted by atomic mass is 9.94. The molecule has 1 aromatic carbocycles. The number of halogens is 3. The second-order valence-corrected chi connectivity index (χ2v) is 7.28. The molecule has 1 saturated carbocycles. The predicted molar refractivity (Wildman–Crippen MR) is 91.3 cm³/mol. The number of nitrogens with one attached hydrogen (secondary N) is 1. The van der Waals surface area contributed by atoms with Crippen LogP contribution in [0.2, 0.25) is 5.02 Å². The summed E-state index contributed by atoms with van der Waals surface area (Å²) >= 11 is 9.43. The lowest BCUT2D eigenvalue weighted by Gasteiger charge is -2.22. The van der Waals surface area contributed by atoms with Gasteiger partial charge in [0, 0.05) is 16.1 Å². The van der Waals surface area contributed by atoms with Crippen molar-refractivity contribution in [3.8, 4) is 0 Å². The van der Waals surface area contributed by atoms with Gasteiger partial charge in [0.25, 0.3) is 0 Å². The van der Waals surface area contributed by atoms with Crippen LogP contribution < -0.4 is 5.32 Å². The SMILES string of the molecule is CCCNC(CCC1CCCC1)c1cc(Cl)c(Br)cc1F. The third-order valence-corrected chi connectivity index (χ3v) is 5.59. The Balaban J connectivity index is 2.08. The van der Waals surface area contributed by atoms with Crippen molar-refractivity contribution in [2.24, 2.45) is 5.92 Å². The van der Waals surface area contributed by atoms with E-state index in [9.17, 15) is 4.39 Å². The molecule has 0 amide bonds. The zero-order valence-electron chi connectivity index (χ0n) is 12.6. The van der Waals surface area contributed by atoms with E-state index in [0.29, 0.717) is 15.1 Å². The van der Waals surface area contributed by atoms with Crippen LogP contribution in [0.5, 0.6) is 0 Å². The van der Waals surface area contributed by atoms with Crippen LogP contribution in [0.1, 0.15) is 63.5 Å². The molecule has 1 atom stereocenters. The molecule has 1 N–H and O–H groups in total. The number of benzene rings is 1. The Morgan fingerprint density at radius 1 is 1.38 bits per heavy atom. The first-order valence-electron chi connectivity index (χ1n) is 7.99. The van der Waals surface area contributed by atoms with Crippen LogP contribution in [0, 0.1) is 11.7 Å². The molecular weight excluding hydrogens is 353 g/mol. The molecule has 1 aromatic rings. The molecule has 21 heavy (non-hydrogen) atoms. The minimum absolute atomic E-state index is 0.0659. The highest BCUT2D eigenvalue weighted by molar-refractivity contribution is 9.10. The van der Waals surface area contributed by atoms with Crippen molar-refractivity contribution in [3.05, 3.63) is 33.0 Å². The first-order valence-corrected chi connectivity index (χ1v) is 9.16. The van der Waals surface area contributed by atoms with Crippen molar-refractivity contribution in [2.75, 3.05) is 6.54 Å². The Labute approximate surface area is 140 Å². The molecule has 2 rings (SSSR count). The molecule has 0 aliphatic heterocycles. The number of hydrogen-bond donors (Lipinski definition) is 1. The zero-order chi connectivity index (χ0) is 15.2. The predicted octanol–water partition coefficient (Wildman–Crippen LogP) is 6.25. The fourth-order valence-corrected chi connectivity index (χ4v) is 3.68. The molecule has 0 radical (unpaired) electrons. The summed E-state index contributed by atoms with van der Waals surface area (Å²) in [6.07, 6.45) is 8.60. The van der Waals surface area contributed by atoms with E-state index in [-0.39, 0.29) is 11.9 Å². The quantitative estimate of drug-likeness (QED) is 0.554. The van der Waals surface area contributed by atoms with Crippen molar-refractivity contribution < 1.29 is 4.39 Å². The lowest BCUT2D eigenvalue weighted by Crippen LogP contribution is -2.23. The van der Waals surface area contributed by atoms with Crippen molar-refractivity contribution in [1.29, 1.82) is 0 Å². The normalized spacial score (nSPS) is 17.3. The van der Waals surface area contributed by atoms with Gasteiger partial charge >= 0.3 is 0 Å². The van der Waals surface area contributed by atoms with Crippen LogP contribution in [-0.4, -0.2) is 6.54 Å². The molecule has 0 heterocycles. The van der Waals surface area contributed by atoms with Gasteiger partial charge in [-0.2, -0.15) is 0 Å². The van der Waals surface area contributed by atoms with Gasteiger partial charge in [-0.05, 0) is 59.8 Å². The molecule has 118 valence electrons. The summed E-state index contributed by atoms with van der Waals surface area (Å²) in [5.74, 6) is 0.649. The van der Waals surface area contributed by atoms with Gasteiger partial charge in [-0.15, -0.1) is 0 Å². The van der Waals surface area contributed by atoms with E-state index in [1.165, 1.54) is 38.2 Å². The molecule has 4 heteroatoms. The van der Waals surface area contributed by atoms with Crippen LogP contribution in [-0.2, 0) is 0 Å². The van der Waals surface area contributed by atoms with E-state index < -0.39 is 0 Å². The fourth-order valence-electron chi connectivity index (χ4n) is 3.19. The van der Waals surface area contributed by atoms with Gasteiger partial charge < -0.3 is 5.32 Å². The summed E-state index contributed by atoms with van der Waals surface area (Å²) in [4.78, 5) is 0. The van der Waals surface area contributed by atoms with Crippen molar-refractivity contribution in [1.82, 2.24) is 5.32 Å². The molecule has 0 bridgehead atoms. The Hall–Kier alpha value is -0.120. The zero-order valence-corrected chi connectivity index (χ0v) is 14.9. The summed E-state index contributed by atoms with van der Waals surface area (Å²) in [5.41, 5.74) is 0.703. The Morgan fingerprint density at radius 3 is 2.76 bits per heavy atom. The van der Waals surface area contributed by atoms with Crippen molar-refractivity contribution in [2.45, 2.75) is 57.9 Å². The van der Waals surface area contributed by atoms with Gasteiger partial charge in [0.1, 0.15) is 5.82 Å². The minimum Gasteiger partial charge on any atom is -0.310 e. The third-order valence-electron chi connectivity index (χ3n) is 4.39. The van der Waals surface area contributed by atoms with Crippen LogP contribution in [0.15, 0.2) is 16.6 Å². The average Bonchev–Trinajstić information content (AvgIpc) is 2.97. The summed E-state index contributed by atoms with van der Waals surface area (Å²) in [7, 11) is 0. The van der Waals surface area contributed by atoms with Crippen molar-refractivity contribution >= 4 is 27.5 Å². The van der Waals surface area contributed by atoms with Gasteiger partial charge in [-0.3, -0.25) is 0 Å². The molecule has 0 spiro atoms. The third kappa shape index (κ3) is 4.94. The first kappa shape index (κ1) is 17.2. The highest BCUT2D eigenvalue weighted by Crippen LogP contribution is 2.34. The van der Waals surface area contributed by atoms with E-state index in [1.807, 2.05) is 0 Å². The maximum absolute atomic E-state index is 14.3. The highest BCUT2D eigenvalue weighted by Gasteiger charge is 2.21. The highest BCUT2D eigenvalue weighted by atomic mass is 79.9. The summed E-state index contributed by atoms with van der Waals surface area (Å²) in [5, 5.41) is 4.06. The second kappa shape index (κ2) is 8.50. The molecule has 1 aliphatic rings. The number of hydrogen-bond acceptors (Lipinski definition) is 1. The molecule has 1 aliphatic carbocycles. The Morgan fingerprint density at radius 2 is 2.10 bits per heavy atom. The van der Waals surface area contributed by atoms with Crippen LogP contribution in [0.3, 0.4) is 0 Å². The van der Waals surface area contributed by atoms with Gasteiger partial charge in [0.15, 0.2) is 0 Å². The largest absolute Gasteiger partial charge is 0.310 e. The fraction of sp³-hybridized carbons (Fsp3) is 0.647. The van der Waals surface area contributed by atoms with Gasteiger partial charge in [0.2, 0.25) is 0 Å². The van der Waals surface area contributed by atoms with Gasteiger partial charge in [-0.25, -0.2) is 4.39 Å². The minimum atomic E-state index is -0.175. The number of rotatable bonds is 7. The summed E-state index contributed by atoms with van der Waals surface area (Å²) in [6, 6.07) is 3.31.